The van der Waals surface area contributed by atoms with Crippen molar-refractivity contribution >= 4 is 0 Å². The molecule has 4 atom stereocenters. The Morgan fingerprint density at radius 1 is 1.29 bits per heavy atom. The molecule has 1 spiro atoms. The van der Waals surface area contributed by atoms with E-state index in [9.17, 15) is 0 Å². The van der Waals surface area contributed by atoms with Crippen molar-refractivity contribution in [3.63, 3.8) is 0 Å². The van der Waals surface area contributed by atoms with Crippen LogP contribution in [-0.2, 0) is 0 Å². The quantitative estimate of drug-likeness (QED) is 0.604. The van der Waals surface area contributed by atoms with Crippen molar-refractivity contribution in [2.45, 2.75) is 59.8 Å². The van der Waals surface area contributed by atoms with Crippen molar-refractivity contribution in [3.05, 3.63) is 0 Å². The van der Waals surface area contributed by atoms with E-state index < -0.39 is 0 Å². The Bertz CT molecular complexity index is 206. The molecule has 0 saturated heterocycles. The second kappa shape index (κ2) is 3.54. The Morgan fingerprint density at radius 3 is 2.29 bits per heavy atom. The van der Waals surface area contributed by atoms with Crippen LogP contribution in [0.1, 0.15) is 59.8 Å². The summed E-state index contributed by atoms with van der Waals surface area (Å²) in [7, 11) is 0. The van der Waals surface area contributed by atoms with Gasteiger partial charge in [-0.1, -0.05) is 34.1 Å². The van der Waals surface area contributed by atoms with E-state index in [2.05, 4.69) is 27.7 Å². The summed E-state index contributed by atoms with van der Waals surface area (Å²) in [6.07, 6.45) is 7.53. The maximum absolute atomic E-state index is 2.44. The van der Waals surface area contributed by atoms with Crippen molar-refractivity contribution in [3.8, 4) is 0 Å². The molecule has 14 heavy (non-hydrogen) atoms. The van der Waals surface area contributed by atoms with Gasteiger partial charge in [0.2, 0.25) is 0 Å². The third-order valence-electron chi connectivity index (χ3n) is 5.14. The average molecular weight is 194 g/mol. The summed E-state index contributed by atoms with van der Waals surface area (Å²) in [6, 6.07) is 0. The third kappa shape index (κ3) is 1.73. The van der Waals surface area contributed by atoms with Gasteiger partial charge in [0.1, 0.15) is 0 Å². The predicted molar refractivity (Wildman–Crippen MR) is 62.2 cm³/mol. The Hall–Kier alpha value is 0. The van der Waals surface area contributed by atoms with E-state index in [1.165, 1.54) is 19.3 Å². The minimum Gasteiger partial charge on any atom is -0.0651 e. The van der Waals surface area contributed by atoms with Crippen LogP contribution >= 0.6 is 0 Å². The summed E-state index contributed by atoms with van der Waals surface area (Å²) in [6.45, 7) is 9.57. The molecule has 2 rings (SSSR count). The molecule has 0 N–H and O–H groups in total. The van der Waals surface area contributed by atoms with Gasteiger partial charge in [0.15, 0.2) is 0 Å². The van der Waals surface area contributed by atoms with Crippen LogP contribution in [0.15, 0.2) is 0 Å². The van der Waals surface area contributed by atoms with Crippen LogP contribution in [0.5, 0.6) is 0 Å². The first kappa shape index (κ1) is 10.5. The summed E-state index contributed by atoms with van der Waals surface area (Å²) in [5.74, 6) is 4.09. The lowest BCUT2D eigenvalue weighted by Crippen LogP contribution is -2.07. The zero-order chi connectivity index (χ0) is 10.3. The molecule has 2 saturated carbocycles. The third-order valence-corrected chi connectivity index (χ3v) is 5.14. The molecule has 82 valence electrons. The molecule has 0 radical (unpaired) electrons. The topological polar surface area (TPSA) is 0 Å². The summed E-state index contributed by atoms with van der Waals surface area (Å²) in [5, 5.41) is 0. The zero-order valence-electron chi connectivity index (χ0n) is 10.3. The highest BCUT2D eigenvalue weighted by Gasteiger charge is 2.67. The van der Waals surface area contributed by atoms with Crippen LogP contribution in [0.25, 0.3) is 0 Å². The van der Waals surface area contributed by atoms with Crippen molar-refractivity contribution in [2.24, 2.45) is 29.1 Å². The van der Waals surface area contributed by atoms with Crippen molar-refractivity contribution < 1.29 is 0 Å². The van der Waals surface area contributed by atoms with E-state index in [4.69, 9.17) is 0 Å². The first-order chi connectivity index (χ1) is 6.60. The SMILES string of the molecule is CCC(CCC1CC12CC2C)C(C)C. The highest BCUT2D eigenvalue weighted by atomic mass is 14.7. The molecular formula is C14H26. The van der Waals surface area contributed by atoms with Crippen LogP contribution in [0.4, 0.5) is 0 Å². The molecule has 0 amide bonds. The standard InChI is InChI=1S/C14H26/c1-5-12(10(2)3)6-7-13-9-14(13)8-11(14)4/h10-13H,5-9H2,1-4H3. The molecule has 0 nitrogen and oxygen atoms in total. The number of hydrogen-bond acceptors (Lipinski definition) is 0. The lowest BCUT2D eigenvalue weighted by molar-refractivity contribution is 0.329. The Labute approximate surface area is 89.5 Å². The van der Waals surface area contributed by atoms with E-state index in [1.807, 2.05) is 0 Å². The van der Waals surface area contributed by atoms with Gasteiger partial charge in [-0.3, -0.25) is 0 Å². The van der Waals surface area contributed by atoms with Crippen LogP contribution in [0.3, 0.4) is 0 Å². The predicted octanol–water partition coefficient (Wildman–Crippen LogP) is 4.49. The summed E-state index contributed by atoms with van der Waals surface area (Å²) >= 11 is 0. The molecule has 2 aliphatic rings. The molecule has 0 aliphatic heterocycles. The largest absolute Gasteiger partial charge is 0.0651 e. The highest BCUT2D eigenvalue weighted by Crippen LogP contribution is 2.75. The van der Waals surface area contributed by atoms with Gasteiger partial charge in [-0.05, 0) is 54.8 Å². The van der Waals surface area contributed by atoms with Crippen molar-refractivity contribution in [1.82, 2.24) is 0 Å². The Morgan fingerprint density at radius 2 is 1.93 bits per heavy atom. The maximum atomic E-state index is 2.44. The molecule has 0 bridgehead atoms. The molecule has 0 heteroatoms. The van der Waals surface area contributed by atoms with E-state index in [1.54, 1.807) is 12.8 Å². The first-order valence-corrected chi connectivity index (χ1v) is 6.60. The van der Waals surface area contributed by atoms with Gasteiger partial charge in [0, 0.05) is 0 Å². The Balaban J connectivity index is 1.68. The smallest absolute Gasteiger partial charge is 0.0238 e. The van der Waals surface area contributed by atoms with Crippen LogP contribution in [0.2, 0.25) is 0 Å². The monoisotopic (exact) mass is 194 g/mol. The van der Waals surface area contributed by atoms with Gasteiger partial charge < -0.3 is 0 Å². The van der Waals surface area contributed by atoms with Crippen molar-refractivity contribution in [1.29, 1.82) is 0 Å². The fourth-order valence-corrected chi connectivity index (χ4v) is 3.58. The summed E-state index contributed by atoms with van der Waals surface area (Å²) in [4.78, 5) is 0. The lowest BCUT2D eigenvalue weighted by atomic mass is 9.88. The molecule has 0 aromatic rings. The zero-order valence-corrected chi connectivity index (χ0v) is 10.3. The van der Waals surface area contributed by atoms with Gasteiger partial charge >= 0.3 is 0 Å². The normalized spacial score (nSPS) is 41.8. The minimum absolute atomic E-state index is 0.895. The van der Waals surface area contributed by atoms with Crippen molar-refractivity contribution in [2.75, 3.05) is 0 Å². The molecule has 4 unspecified atom stereocenters. The summed E-state index contributed by atoms with van der Waals surface area (Å²) in [5.41, 5.74) is 0.898. The fourth-order valence-electron chi connectivity index (χ4n) is 3.58. The van der Waals surface area contributed by atoms with Crippen LogP contribution in [0, 0.1) is 29.1 Å². The second-order valence-corrected chi connectivity index (χ2v) is 6.23. The van der Waals surface area contributed by atoms with Gasteiger partial charge in [0.05, 0.1) is 0 Å². The lowest BCUT2D eigenvalue weighted by Gasteiger charge is -2.18. The van der Waals surface area contributed by atoms with E-state index in [0.717, 1.165) is 29.1 Å². The van der Waals surface area contributed by atoms with E-state index in [0.29, 0.717) is 0 Å². The highest BCUT2D eigenvalue weighted by molar-refractivity contribution is 5.16. The average Bonchev–Trinajstić information content (AvgIpc) is 2.95. The van der Waals surface area contributed by atoms with Gasteiger partial charge in [-0.2, -0.15) is 0 Å². The first-order valence-electron chi connectivity index (χ1n) is 6.60. The number of hydrogen-bond donors (Lipinski definition) is 0. The van der Waals surface area contributed by atoms with Gasteiger partial charge in [-0.15, -0.1) is 0 Å². The Kier molecular flexibility index (Phi) is 2.66. The maximum Gasteiger partial charge on any atom is -0.0238 e. The van der Waals surface area contributed by atoms with Crippen LogP contribution in [-0.4, -0.2) is 0 Å². The molecule has 2 fully saturated rings. The minimum atomic E-state index is 0.895. The van der Waals surface area contributed by atoms with Crippen LogP contribution < -0.4 is 0 Å². The molecular weight excluding hydrogens is 168 g/mol. The van der Waals surface area contributed by atoms with Gasteiger partial charge in [-0.25, -0.2) is 0 Å². The summed E-state index contributed by atoms with van der Waals surface area (Å²) < 4.78 is 0. The molecule has 2 aliphatic carbocycles. The molecule has 0 aromatic carbocycles. The van der Waals surface area contributed by atoms with E-state index >= 15 is 0 Å². The van der Waals surface area contributed by atoms with Gasteiger partial charge in [0.25, 0.3) is 0 Å². The fraction of sp³-hybridized carbons (Fsp3) is 1.00. The number of rotatable bonds is 5. The molecule has 0 heterocycles. The second-order valence-electron chi connectivity index (χ2n) is 6.23. The van der Waals surface area contributed by atoms with E-state index in [-0.39, 0.29) is 0 Å². The molecule has 0 aromatic heterocycles.